The van der Waals surface area contributed by atoms with E-state index in [2.05, 4.69) is 0 Å². The second-order valence-corrected chi connectivity index (χ2v) is 4.15. The van der Waals surface area contributed by atoms with Crippen LogP contribution in [0.4, 0.5) is 4.39 Å². The van der Waals surface area contributed by atoms with Crippen LogP contribution in [-0.2, 0) is 6.54 Å². The normalized spacial score (nSPS) is 10.3. The molecule has 2 rings (SSSR count). The summed E-state index contributed by atoms with van der Waals surface area (Å²) in [6, 6.07) is 2.29. The summed E-state index contributed by atoms with van der Waals surface area (Å²) >= 11 is 5.66. The molecule has 0 atom stereocenters. The lowest BCUT2D eigenvalue weighted by atomic mass is 10.1. The summed E-state index contributed by atoms with van der Waals surface area (Å²) in [6.07, 6.45) is 1.24. The molecule has 7 heteroatoms. The second kappa shape index (κ2) is 5.44. The number of carbonyl (C=O) groups is 1. The number of benzene rings is 1. The van der Waals surface area contributed by atoms with Crippen LogP contribution in [0.3, 0.4) is 0 Å². The van der Waals surface area contributed by atoms with Gasteiger partial charge in [-0.15, -0.1) is 0 Å². The van der Waals surface area contributed by atoms with E-state index in [1.165, 1.54) is 12.3 Å². The van der Waals surface area contributed by atoms with Gasteiger partial charge in [0, 0.05) is 26.5 Å². The lowest BCUT2D eigenvalue weighted by molar-refractivity contribution is 0.0695. The maximum atomic E-state index is 13.4. The Morgan fingerprint density at radius 2 is 2.11 bits per heavy atom. The van der Waals surface area contributed by atoms with Crippen molar-refractivity contribution < 1.29 is 14.3 Å². The largest absolute Gasteiger partial charge is 0.477 e. The van der Waals surface area contributed by atoms with Gasteiger partial charge in [-0.3, -0.25) is 4.79 Å². The number of nitrogens with zero attached hydrogens (tertiary/aromatic N) is 1. The highest BCUT2D eigenvalue weighted by Gasteiger charge is 2.15. The number of fused-ring (bicyclic) bond motifs is 1. The van der Waals surface area contributed by atoms with Gasteiger partial charge in [0.1, 0.15) is 11.4 Å². The number of hydrogen-bond acceptors (Lipinski definition) is 2. The summed E-state index contributed by atoms with van der Waals surface area (Å²) < 4.78 is 14.9. The molecule has 4 nitrogen and oxygen atoms in total. The van der Waals surface area contributed by atoms with Crippen molar-refractivity contribution in [2.24, 2.45) is 0 Å². The lowest BCUT2D eigenvalue weighted by Gasteiger charge is -2.10. The number of aromatic nitrogens is 1. The first-order valence-electron chi connectivity index (χ1n) is 5.21. The van der Waals surface area contributed by atoms with Gasteiger partial charge in [-0.1, -0.05) is 11.6 Å². The molecule has 1 heterocycles. The first kappa shape index (κ1) is 15.2. The van der Waals surface area contributed by atoms with E-state index >= 15 is 0 Å². The third-order valence-electron chi connectivity index (χ3n) is 2.69. The van der Waals surface area contributed by atoms with Gasteiger partial charge in [-0.25, -0.2) is 9.18 Å². The molecule has 0 spiro atoms. The molecule has 0 aliphatic rings. The summed E-state index contributed by atoms with van der Waals surface area (Å²) in [5, 5.41) is 8.84. The number of pyridine rings is 1. The minimum absolute atomic E-state index is 0. The number of carboxylic acids is 1. The van der Waals surface area contributed by atoms with E-state index in [9.17, 15) is 14.0 Å². The van der Waals surface area contributed by atoms with Crippen LogP contribution < -0.4 is 5.43 Å². The molecule has 0 aliphatic heterocycles. The fraction of sp³-hybridized carbons (Fsp3) is 0.167. The summed E-state index contributed by atoms with van der Waals surface area (Å²) in [6.45, 7) is 2.23. The predicted molar refractivity (Wildman–Crippen MR) is 71.6 cm³/mol. The Labute approximate surface area is 115 Å². The molecule has 0 saturated carbocycles. The Kier molecular flexibility index (Phi) is 4.37. The summed E-state index contributed by atoms with van der Waals surface area (Å²) in [4.78, 5) is 22.8. The average Bonchev–Trinajstić information content (AvgIpc) is 2.32. The van der Waals surface area contributed by atoms with E-state index in [1.54, 1.807) is 11.5 Å². The van der Waals surface area contributed by atoms with Gasteiger partial charge >= 0.3 is 5.97 Å². The predicted octanol–water partition coefficient (Wildman–Crippen LogP) is 2.13. The van der Waals surface area contributed by atoms with Crippen molar-refractivity contribution in [3.63, 3.8) is 0 Å². The Morgan fingerprint density at radius 3 is 2.63 bits per heavy atom. The first-order chi connectivity index (χ1) is 8.45. The van der Waals surface area contributed by atoms with Crippen LogP contribution >= 0.6 is 11.6 Å². The average molecular weight is 280 g/mol. The fourth-order valence-electron chi connectivity index (χ4n) is 1.80. The van der Waals surface area contributed by atoms with E-state index in [-0.39, 0.29) is 24.4 Å². The standard InChI is InChI=1S/C12H9ClFNO3.B/c1-2-15-5-7(12(17)18)11(16)6-3-9(14)8(13)4-10(6)15;/h3-5H,2H2,1H3,(H,17,18);. The van der Waals surface area contributed by atoms with Crippen molar-refractivity contribution in [3.8, 4) is 0 Å². The Bertz CT molecular complexity index is 714. The zero-order chi connectivity index (χ0) is 13.4. The van der Waals surface area contributed by atoms with E-state index in [1.807, 2.05) is 0 Å². The van der Waals surface area contributed by atoms with Crippen LogP contribution in [-0.4, -0.2) is 24.1 Å². The minimum atomic E-state index is -1.33. The molecular weight excluding hydrogens is 271 g/mol. The van der Waals surface area contributed by atoms with E-state index in [0.717, 1.165) is 6.07 Å². The molecule has 2 aromatic rings. The van der Waals surface area contributed by atoms with Gasteiger partial charge in [0.05, 0.1) is 10.5 Å². The molecule has 0 bridgehead atoms. The number of aromatic carboxylic acids is 1. The van der Waals surface area contributed by atoms with Crippen LogP contribution in [0.25, 0.3) is 10.9 Å². The van der Waals surface area contributed by atoms with Gasteiger partial charge in [-0.2, -0.15) is 0 Å². The highest BCUT2D eigenvalue weighted by molar-refractivity contribution is 6.31. The molecule has 0 amide bonds. The zero-order valence-corrected chi connectivity index (χ0v) is 10.7. The Morgan fingerprint density at radius 1 is 1.47 bits per heavy atom. The first-order valence-corrected chi connectivity index (χ1v) is 5.59. The van der Waals surface area contributed by atoms with Crippen LogP contribution in [0.5, 0.6) is 0 Å². The van der Waals surface area contributed by atoms with Gasteiger partial charge in [0.15, 0.2) is 0 Å². The molecule has 1 aromatic heterocycles. The lowest BCUT2D eigenvalue weighted by Crippen LogP contribution is -2.18. The van der Waals surface area contributed by atoms with Crippen LogP contribution in [0.2, 0.25) is 5.02 Å². The van der Waals surface area contributed by atoms with E-state index < -0.39 is 17.2 Å². The van der Waals surface area contributed by atoms with Crippen molar-refractivity contribution in [1.82, 2.24) is 4.57 Å². The maximum Gasteiger partial charge on any atom is 0.341 e. The van der Waals surface area contributed by atoms with Crippen molar-refractivity contribution in [1.29, 1.82) is 0 Å². The van der Waals surface area contributed by atoms with Crippen LogP contribution in [0.1, 0.15) is 17.3 Å². The molecule has 1 N–H and O–H groups in total. The Balaban J connectivity index is 0.00000180. The smallest absolute Gasteiger partial charge is 0.341 e. The molecule has 19 heavy (non-hydrogen) atoms. The second-order valence-electron chi connectivity index (χ2n) is 3.75. The fourth-order valence-corrected chi connectivity index (χ4v) is 1.96. The van der Waals surface area contributed by atoms with Crippen LogP contribution in [0.15, 0.2) is 23.1 Å². The summed E-state index contributed by atoms with van der Waals surface area (Å²) in [5.74, 6) is -2.08. The molecule has 0 saturated heterocycles. The van der Waals surface area contributed by atoms with Gasteiger partial charge < -0.3 is 9.67 Å². The van der Waals surface area contributed by atoms with E-state index in [4.69, 9.17) is 16.7 Å². The third kappa shape index (κ3) is 2.49. The highest BCUT2D eigenvalue weighted by Crippen LogP contribution is 2.21. The third-order valence-corrected chi connectivity index (χ3v) is 2.98. The van der Waals surface area contributed by atoms with Gasteiger partial charge in [-0.05, 0) is 19.1 Å². The minimum Gasteiger partial charge on any atom is -0.477 e. The van der Waals surface area contributed by atoms with Crippen molar-refractivity contribution in [3.05, 3.63) is 45.0 Å². The Hall–Kier alpha value is -1.82. The maximum absolute atomic E-state index is 13.4. The molecule has 97 valence electrons. The zero-order valence-electron chi connectivity index (χ0n) is 9.98. The van der Waals surface area contributed by atoms with E-state index in [0.29, 0.717) is 12.1 Å². The SMILES string of the molecule is CCn1cc(C(=O)O)c(=O)c2cc(F)c(Cl)cc21.[B]. The number of aryl methyl sites for hydroxylation is 1. The highest BCUT2D eigenvalue weighted by atomic mass is 35.5. The number of hydrogen-bond donors (Lipinski definition) is 1. The molecular formula is C12H9BClFNO3. The molecule has 1 aromatic carbocycles. The number of rotatable bonds is 2. The quantitative estimate of drug-likeness (QED) is 0.857. The van der Waals surface area contributed by atoms with Crippen LogP contribution in [0, 0.1) is 5.82 Å². The molecule has 0 unspecified atom stereocenters. The van der Waals surface area contributed by atoms with Crippen molar-refractivity contribution >= 4 is 36.9 Å². The van der Waals surface area contributed by atoms with Crippen molar-refractivity contribution in [2.75, 3.05) is 0 Å². The summed E-state index contributed by atoms with van der Waals surface area (Å²) in [7, 11) is 0. The number of carboxylic acid groups (broad SMARTS) is 1. The van der Waals surface area contributed by atoms with Gasteiger partial charge in [0.25, 0.3) is 0 Å². The number of halogens is 2. The molecule has 0 fully saturated rings. The summed E-state index contributed by atoms with van der Waals surface area (Å²) in [5.41, 5.74) is -0.678. The molecule has 3 radical (unpaired) electrons. The topological polar surface area (TPSA) is 59.3 Å². The molecule has 0 aliphatic carbocycles. The van der Waals surface area contributed by atoms with Gasteiger partial charge in [0.2, 0.25) is 5.43 Å². The monoisotopic (exact) mass is 280 g/mol. The van der Waals surface area contributed by atoms with Crippen molar-refractivity contribution in [2.45, 2.75) is 13.5 Å².